The Labute approximate surface area is 208 Å². The zero-order chi connectivity index (χ0) is 27.1. The maximum atomic E-state index is 11.5. The van der Waals surface area contributed by atoms with Crippen molar-refractivity contribution in [2.75, 3.05) is 50.8 Å². The van der Waals surface area contributed by atoms with Gasteiger partial charge in [0.1, 0.15) is 0 Å². The van der Waals surface area contributed by atoms with E-state index in [0.29, 0.717) is 12.8 Å². The zero-order valence-electron chi connectivity index (χ0n) is 18.8. The van der Waals surface area contributed by atoms with E-state index in [1.807, 2.05) is 0 Å². The van der Waals surface area contributed by atoms with E-state index in [2.05, 4.69) is 22.4 Å². The van der Waals surface area contributed by atoms with Crippen LogP contribution in [0.2, 0.25) is 0 Å². The largest absolute Gasteiger partial charge is 0.326 e. The maximum Gasteiger partial charge on any atom is 0.326 e. The van der Waals surface area contributed by atoms with Crippen LogP contribution in [-0.2, 0) is 18.3 Å². The van der Waals surface area contributed by atoms with E-state index in [0.717, 1.165) is 0 Å². The van der Waals surface area contributed by atoms with Crippen molar-refractivity contribution in [1.82, 2.24) is 9.80 Å². The van der Waals surface area contributed by atoms with Crippen LogP contribution in [0.1, 0.15) is 19.3 Å². The van der Waals surface area contributed by atoms with Gasteiger partial charge in [-0.25, -0.2) is 4.99 Å². The summed E-state index contributed by atoms with van der Waals surface area (Å²) in [5, 5.41) is 2.26. The lowest BCUT2D eigenvalue weighted by atomic mass is 9.84. The standard InChI is InChI=1S/C15H33N3O12P4S/c19-31(20,21)7-3-17(4-8-32(22,23)24)14-2-1-13(16-12-35)11-15(14)18(5-9-33(25,26)27)6-10-34(28,29)30/h13-15H,1-11H2,(H2,19,20,21)(H2,22,23,24)(H2,25,26,27)(H2,28,29,30)/t13-,14+,15+/m1/s1. The van der Waals surface area contributed by atoms with Gasteiger partial charge in [0.05, 0.1) is 35.9 Å². The first-order valence-corrected chi connectivity index (χ1v) is 18.1. The number of rotatable bonds is 15. The quantitative estimate of drug-likeness (QED) is 0.0679. The molecule has 1 saturated carbocycles. The second kappa shape index (κ2) is 13.9. The van der Waals surface area contributed by atoms with E-state index in [1.165, 1.54) is 9.80 Å². The van der Waals surface area contributed by atoms with Crippen LogP contribution in [0, 0.1) is 0 Å². The molecule has 0 amide bonds. The van der Waals surface area contributed by atoms with Crippen molar-refractivity contribution in [3.05, 3.63) is 0 Å². The molecule has 0 heterocycles. The number of hydrogen-bond acceptors (Lipinski definition) is 8. The molecule has 0 aromatic carbocycles. The van der Waals surface area contributed by atoms with Crippen LogP contribution in [0.25, 0.3) is 0 Å². The third-order valence-electron chi connectivity index (χ3n) is 5.64. The fourth-order valence-corrected chi connectivity index (χ4v) is 6.26. The number of hydrogen-bond donors (Lipinski definition) is 8. The molecule has 15 nitrogen and oxygen atoms in total. The summed E-state index contributed by atoms with van der Waals surface area (Å²) in [6, 6.07) is -1.63. The minimum Gasteiger partial charge on any atom is -0.324 e. The summed E-state index contributed by atoms with van der Waals surface area (Å²) >= 11 is 4.66. The highest BCUT2D eigenvalue weighted by Gasteiger charge is 2.39. The average Bonchev–Trinajstić information content (AvgIpc) is 2.65. The molecule has 1 fully saturated rings. The lowest BCUT2D eigenvalue weighted by molar-refractivity contribution is 0.0523. The topological polar surface area (TPSA) is 249 Å². The molecule has 0 spiro atoms. The van der Waals surface area contributed by atoms with Gasteiger partial charge in [-0.2, -0.15) is 0 Å². The smallest absolute Gasteiger partial charge is 0.324 e. The minimum atomic E-state index is -4.48. The molecule has 0 unspecified atom stereocenters. The summed E-state index contributed by atoms with van der Waals surface area (Å²) in [7, 11) is -17.9. The SMILES string of the molecule is O=P(O)(O)CCN(CCP(=O)(O)O)[C@H]1CC[C@@H](N=C=S)C[C@@H]1N(CCP(=O)(O)O)CCP(=O)(O)O. The predicted octanol–water partition coefficient (Wildman–Crippen LogP) is -0.306. The zero-order valence-corrected chi connectivity index (χ0v) is 23.2. The average molecular weight is 603 g/mol. The first-order chi connectivity index (χ1) is 15.8. The fourth-order valence-electron chi connectivity index (χ4n) is 4.04. The summed E-state index contributed by atoms with van der Waals surface area (Å²) in [5.41, 5.74) is 0. The van der Waals surface area contributed by atoms with Crippen molar-refractivity contribution in [3.8, 4) is 0 Å². The number of thiocarbonyl (C=S) groups is 1. The molecule has 0 radical (unpaired) electrons. The van der Waals surface area contributed by atoms with Gasteiger partial charge in [-0.1, -0.05) is 0 Å². The first-order valence-electron chi connectivity index (χ1n) is 10.5. The van der Waals surface area contributed by atoms with E-state index >= 15 is 0 Å². The number of isothiocyanates is 1. The molecule has 0 bridgehead atoms. The monoisotopic (exact) mass is 603 g/mol. The van der Waals surface area contributed by atoms with Crippen molar-refractivity contribution < 1.29 is 57.4 Å². The Morgan fingerprint density at radius 1 is 0.657 bits per heavy atom. The van der Waals surface area contributed by atoms with Gasteiger partial charge in [-0.15, -0.1) is 0 Å². The Bertz CT molecular complexity index is 874. The summed E-state index contributed by atoms with van der Waals surface area (Å²) in [4.78, 5) is 81.8. The van der Waals surface area contributed by atoms with Crippen LogP contribution in [0.3, 0.4) is 0 Å². The molecule has 20 heteroatoms. The molecule has 206 valence electrons. The highest BCUT2D eigenvalue weighted by Crippen LogP contribution is 2.40. The first kappa shape index (κ1) is 33.3. The number of aliphatic imine (C=N–C) groups is 1. The highest BCUT2D eigenvalue weighted by atomic mass is 32.1. The lowest BCUT2D eigenvalue weighted by Gasteiger charge is -2.46. The summed E-state index contributed by atoms with van der Waals surface area (Å²) in [6.07, 6.45) is -1.42. The molecule has 0 aromatic heterocycles. The van der Waals surface area contributed by atoms with Crippen LogP contribution in [0.5, 0.6) is 0 Å². The second-order valence-corrected chi connectivity index (χ2v) is 15.7. The number of nitrogens with zero attached hydrogens (tertiary/aromatic N) is 3. The van der Waals surface area contributed by atoms with Crippen molar-refractivity contribution in [2.24, 2.45) is 4.99 Å². The van der Waals surface area contributed by atoms with Gasteiger partial charge in [0, 0.05) is 38.3 Å². The fraction of sp³-hybridized carbons (Fsp3) is 0.933. The van der Waals surface area contributed by atoms with E-state index in [1.54, 1.807) is 0 Å². The highest BCUT2D eigenvalue weighted by molar-refractivity contribution is 7.78. The summed E-state index contributed by atoms with van der Waals surface area (Å²) in [5.74, 6) is 0. The molecule has 1 rings (SSSR count). The Morgan fingerprint density at radius 3 is 1.31 bits per heavy atom. The maximum absolute atomic E-state index is 11.5. The summed E-state index contributed by atoms with van der Waals surface area (Å²) < 4.78 is 46.0. The third-order valence-corrected chi connectivity index (χ3v) is 8.88. The Kier molecular flexibility index (Phi) is 13.3. The predicted molar refractivity (Wildman–Crippen MR) is 131 cm³/mol. The Hall–Kier alpha value is 0.320. The normalized spacial score (nSPS) is 22.4. The van der Waals surface area contributed by atoms with Gasteiger partial charge in [-0.3, -0.25) is 28.1 Å². The van der Waals surface area contributed by atoms with Gasteiger partial charge in [0.25, 0.3) is 0 Å². The molecule has 0 saturated heterocycles. The molecular weight excluding hydrogens is 570 g/mol. The van der Waals surface area contributed by atoms with Crippen molar-refractivity contribution in [1.29, 1.82) is 0 Å². The molecule has 0 aromatic rings. The summed E-state index contributed by atoms with van der Waals surface area (Å²) in [6.45, 7) is -0.941. The molecule has 1 aliphatic rings. The molecule has 8 N–H and O–H groups in total. The molecule has 1 aliphatic carbocycles. The van der Waals surface area contributed by atoms with Gasteiger partial charge in [-0.05, 0) is 31.5 Å². The van der Waals surface area contributed by atoms with Crippen molar-refractivity contribution in [2.45, 2.75) is 37.4 Å². The van der Waals surface area contributed by atoms with E-state index in [9.17, 15) is 57.4 Å². The van der Waals surface area contributed by atoms with E-state index in [4.69, 9.17) is 0 Å². The van der Waals surface area contributed by atoms with Crippen LogP contribution in [0.4, 0.5) is 0 Å². The van der Waals surface area contributed by atoms with E-state index < -0.39 is 67.1 Å². The van der Waals surface area contributed by atoms with Gasteiger partial charge in [0.15, 0.2) is 0 Å². The van der Waals surface area contributed by atoms with Gasteiger partial charge in [0.2, 0.25) is 0 Å². The molecular formula is C15H33N3O12P4S. The molecule has 35 heavy (non-hydrogen) atoms. The van der Waals surface area contributed by atoms with Crippen molar-refractivity contribution in [3.63, 3.8) is 0 Å². The van der Waals surface area contributed by atoms with Gasteiger partial charge >= 0.3 is 30.4 Å². The molecule has 3 atom stereocenters. The van der Waals surface area contributed by atoms with Crippen molar-refractivity contribution >= 4 is 47.8 Å². The van der Waals surface area contributed by atoms with Crippen LogP contribution in [-0.4, -0.2) is 123 Å². The minimum absolute atomic E-state index is 0.221. The van der Waals surface area contributed by atoms with E-state index in [-0.39, 0.29) is 38.6 Å². The third kappa shape index (κ3) is 15.4. The Balaban J connectivity index is 3.35. The van der Waals surface area contributed by atoms with Crippen LogP contribution < -0.4 is 0 Å². The van der Waals surface area contributed by atoms with Gasteiger partial charge < -0.3 is 39.1 Å². The Morgan fingerprint density at radius 2 is 1.00 bits per heavy atom. The molecule has 0 aliphatic heterocycles. The second-order valence-electron chi connectivity index (χ2n) is 8.45. The van der Waals surface area contributed by atoms with Crippen LogP contribution in [0.15, 0.2) is 4.99 Å². The lowest BCUT2D eigenvalue weighted by Crippen LogP contribution is -2.57. The van der Waals surface area contributed by atoms with Crippen LogP contribution >= 0.6 is 42.6 Å².